The standard InChI is InChI=1S/C17H20O/c1-13-6-4-5-7-15(13)9-8-14-10-16(18)12-17(2,3)11-14/h4-10H,11-12H2,1-3H3. The summed E-state index contributed by atoms with van der Waals surface area (Å²) in [5.41, 5.74) is 3.71. The van der Waals surface area contributed by atoms with Gasteiger partial charge in [0, 0.05) is 6.42 Å². The number of ketones is 1. The van der Waals surface area contributed by atoms with Crippen LogP contribution in [0.3, 0.4) is 0 Å². The van der Waals surface area contributed by atoms with Gasteiger partial charge >= 0.3 is 0 Å². The molecule has 1 aromatic carbocycles. The molecule has 0 atom stereocenters. The summed E-state index contributed by atoms with van der Waals surface area (Å²) in [4.78, 5) is 11.7. The quantitative estimate of drug-likeness (QED) is 0.752. The van der Waals surface area contributed by atoms with E-state index in [1.54, 1.807) is 6.08 Å². The van der Waals surface area contributed by atoms with Crippen LogP contribution in [0.25, 0.3) is 6.08 Å². The Bertz CT molecular complexity index is 518. The van der Waals surface area contributed by atoms with Gasteiger partial charge in [-0.15, -0.1) is 0 Å². The Labute approximate surface area is 109 Å². The predicted octanol–water partition coefficient (Wildman–Crippen LogP) is 4.32. The minimum Gasteiger partial charge on any atom is -0.295 e. The third-order valence-corrected chi connectivity index (χ3v) is 3.35. The summed E-state index contributed by atoms with van der Waals surface area (Å²) in [5, 5.41) is 0. The molecule has 0 aliphatic heterocycles. The Kier molecular flexibility index (Phi) is 3.51. The van der Waals surface area contributed by atoms with Crippen LogP contribution < -0.4 is 0 Å². The lowest BCUT2D eigenvalue weighted by Gasteiger charge is -2.27. The lowest BCUT2D eigenvalue weighted by molar-refractivity contribution is -0.116. The summed E-state index contributed by atoms with van der Waals surface area (Å²) in [6.45, 7) is 6.41. The average molecular weight is 240 g/mol. The van der Waals surface area contributed by atoms with E-state index < -0.39 is 0 Å². The molecule has 1 aliphatic rings. The summed E-state index contributed by atoms with van der Waals surface area (Å²) in [6, 6.07) is 8.28. The molecule has 0 unspecified atom stereocenters. The minimum absolute atomic E-state index is 0.0945. The molecular formula is C17H20O. The second-order valence-corrected chi connectivity index (χ2v) is 5.89. The normalized spacial score (nSPS) is 19.1. The molecule has 0 heterocycles. The van der Waals surface area contributed by atoms with Crippen molar-refractivity contribution in [3.63, 3.8) is 0 Å². The van der Waals surface area contributed by atoms with E-state index in [0.29, 0.717) is 6.42 Å². The Hall–Kier alpha value is -1.63. The Morgan fingerprint density at radius 1 is 1.11 bits per heavy atom. The van der Waals surface area contributed by atoms with Crippen LogP contribution in [0.15, 0.2) is 42.0 Å². The maximum atomic E-state index is 11.7. The molecule has 0 aromatic heterocycles. The van der Waals surface area contributed by atoms with Gasteiger partial charge in [0.1, 0.15) is 0 Å². The highest BCUT2D eigenvalue weighted by atomic mass is 16.1. The van der Waals surface area contributed by atoms with Gasteiger partial charge in [-0.05, 0) is 41.5 Å². The first-order chi connectivity index (χ1) is 8.46. The van der Waals surface area contributed by atoms with Crippen LogP contribution in [-0.4, -0.2) is 5.78 Å². The number of allylic oxidation sites excluding steroid dienone is 3. The molecular weight excluding hydrogens is 220 g/mol. The van der Waals surface area contributed by atoms with Crippen molar-refractivity contribution in [3.05, 3.63) is 53.1 Å². The van der Waals surface area contributed by atoms with Crippen molar-refractivity contribution < 1.29 is 4.79 Å². The summed E-state index contributed by atoms with van der Waals surface area (Å²) in [7, 11) is 0. The van der Waals surface area contributed by atoms with Crippen LogP contribution in [0, 0.1) is 12.3 Å². The lowest BCUT2D eigenvalue weighted by atomic mass is 9.76. The van der Waals surface area contributed by atoms with Crippen LogP contribution in [-0.2, 0) is 4.79 Å². The molecule has 0 N–H and O–H groups in total. The molecule has 0 bridgehead atoms. The molecule has 18 heavy (non-hydrogen) atoms. The van der Waals surface area contributed by atoms with Crippen LogP contribution >= 0.6 is 0 Å². The zero-order chi connectivity index (χ0) is 13.2. The van der Waals surface area contributed by atoms with Crippen molar-refractivity contribution in [2.75, 3.05) is 0 Å². The molecule has 1 aliphatic carbocycles. The molecule has 0 spiro atoms. The number of benzene rings is 1. The molecule has 2 rings (SSSR count). The first kappa shape index (κ1) is 12.8. The molecule has 0 saturated carbocycles. The van der Waals surface area contributed by atoms with Gasteiger partial charge in [0.2, 0.25) is 0 Å². The van der Waals surface area contributed by atoms with E-state index in [1.807, 2.05) is 12.1 Å². The van der Waals surface area contributed by atoms with Crippen molar-refractivity contribution in [3.8, 4) is 0 Å². The third kappa shape index (κ3) is 3.19. The van der Waals surface area contributed by atoms with Crippen molar-refractivity contribution in [2.24, 2.45) is 5.41 Å². The van der Waals surface area contributed by atoms with Gasteiger partial charge in [-0.25, -0.2) is 0 Å². The predicted molar refractivity (Wildman–Crippen MR) is 76.3 cm³/mol. The van der Waals surface area contributed by atoms with Crippen LogP contribution in [0.4, 0.5) is 0 Å². The van der Waals surface area contributed by atoms with Crippen molar-refractivity contribution in [1.29, 1.82) is 0 Å². The monoisotopic (exact) mass is 240 g/mol. The van der Waals surface area contributed by atoms with Crippen LogP contribution in [0.1, 0.15) is 37.8 Å². The van der Waals surface area contributed by atoms with Gasteiger partial charge in [-0.2, -0.15) is 0 Å². The van der Waals surface area contributed by atoms with Gasteiger partial charge in [-0.3, -0.25) is 4.79 Å². The Balaban J connectivity index is 2.20. The minimum atomic E-state index is 0.0945. The van der Waals surface area contributed by atoms with Gasteiger partial charge in [-0.1, -0.05) is 50.3 Å². The van der Waals surface area contributed by atoms with E-state index in [-0.39, 0.29) is 11.2 Å². The average Bonchev–Trinajstić information content (AvgIpc) is 2.25. The number of hydrogen-bond donors (Lipinski definition) is 0. The molecule has 0 fully saturated rings. The van der Waals surface area contributed by atoms with E-state index in [1.165, 1.54) is 11.1 Å². The van der Waals surface area contributed by atoms with E-state index in [0.717, 1.165) is 12.0 Å². The largest absolute Gasteiger partial charge is 0.295 e. The fourth-order valence-electron chi connectivity index (χ4n) is 2.47. The van der Waals surface area contributed by atoms with Crippen molar-refractivity contribution in [2.45, 2.75) is 33.6 Å². The highest BCUT2D eigenvalue weighted by Crippen LogP contribution is 2.34. The Morgan fingerprint density at radius 3 is 2.50 bits per heavy atom. The van der Waals surface area contributed by atoms with Gasteiger partial charge in [0.15, 0.2) is 5.78 Å². The summed E-state index contributed by atoms with van der Waals surface area (Å²) < 4.78 is 0. The summed E-state index contributed by atoms with van der Waals surface area (Å²) >= 11 is 0. The molecule has 1 aromatic rings. The van der Waals surface area contributed by atoms with Gasteiger partial charge in [0.05, 0.1) is 0 Å². The first-order valence-electron chi connectivity index (χ1n) is 6.43. The summed E-state index contributed by atoms with van der Waals surface area (Å²) in [6.07, 6.45) is 7.62. The number of carbonyl (C=O) groups is 1. The van der Waals surface area contributed by atoms with E-state index in [2.05, 4.69) is 45.1 Å². The first-order valence-corrected chi connectivity index (χ1v) is 6.43. The van der Waals surface area contributed by atoms with Gasteiger partial charge < -0.3 is 0 Å². The van der Waals surface area contributed by atoms with Gasteiger partial charge in [0.25, 0.3) is 0 Å². The van der Waals surface area contributed by atoms with Crippen LogP contribution in [0.5, 0.6) is 0 Å². The number of carbonyl (C=O) groups excluding carboxylic acids is 1. The van der Waals surface area contributed by atoms with Crippen molar-refractivity contribution >= 4 is 11.9 Å². The number of aryl methyl sites for hydroxylation is 1. The van der Waals surface area contributed by atoms with E-state index in [9.17, 15) is 4.79 Å². The topological polar surface area (TPSA) is 17.1 Å². The molecule has 1 heteroatoms. The fourth-order valence-corrected chi connectivity index (χ4v) is 2.47. The lowest BCUT2D eigenvalue weighted by Crippen LogP contribution is -2.21. The van der Waals surface area contributed by atoms with Crippen molar-refractivity contribution in [1.82, 2.24) is 0 Å². The Morgan fingerprint density at radius 2 is 1.83 bits per heavy atom. The smallest absolute Gasteiger partial charge is 0.156 e. The zero-order valence-electron chi connectivity index (χ0n) is 11.4. The maximum Gasteiger partial charge on any atom is 0.156 e. The van der Waals surface area contributed by atoms with Crippen LogP contribution in [0.2, 0.25) is 0 Å². The molecule has 0 amide bonds. The van der Waals surface area contributed by atoms with E-state index >= 15 is 0 Å². The maximum absolute atomic E-state index is 11.7. The molecule has 0 saturated heterocycles. The highest BCUT2D eigenvalue weighted by Gasteiger charge is 2.26. The fraction of sp³-hybridized carbons (Fsp3) is 0.353. The SMILES string of the molecule is Cc1ccccc1C=CC1=CC(=O)CC(C)(C)C1. The second kappa shape index (κ2) is 4.93. The highest BCUT2D eigenvalue weighted by molar-refractivity contribution is 5.92. The second-order valence-electron chi connectivity index (χ2n) is 5.89. The molecule has 0 radical (unpaired) electrons. The third-order valence-electron chi connectivity index (χ3n) is 3.35. The number of rotatable bonds is 2. The van der Waals surface area contributed by atoms with E-state index in [4.69, 9.17) is 0 Å². The molecule has 1 nitrogen and oxygen atoms in total. The zero-order valence-corrected chi connectivity index (χ0v) is 11.4. The summed E-state index contributed by atoms with van der Waals surface area (Å²) in [5.74, 6) is 0.246. The molecule has 94 valence electrons. The number of hydrogen-bond acceptors (Lipinski definition) is 1.